The van der Waals surface area contributed by atoms with Crippen molar-refractivity contribution in [2.45, 2.75) is 101 Å². The van der Waals surface area contributed by atoms with Gasteiger partial charge in [-0.25, -0.2) is 0 Å². The normalized spacial score (nSPS) is 42.8. The van der Waals surface area contributed by atoms with Crippen LogP contribution in [0.15, 0.2) is 24.3 Å². The van der Waals surface area contributed by atoms with Crippen molar-refractivity contribution in [3.05, 3.63) is 29.8 Å². The van der Waals surface area contributed by atoms with E-state index in [4.69, 9.17) is 19.2 Å². The van der Waals surface area contributed by atoms with E-state index >= 15 is 0 Å². The van der Waals surface area contributed by atoms with Crippen LogP contribution in [0.25, 0.3) is 0 Å². The van der Waals surface area contributed by atoms with Crippen LogP contribution in [0.4, 0.5) is 0 Å². The molecule has 0 amide bonds. The topological polar surface area (TPSA) is 40.2 Å². The second kappa shape index (κ2) is 9.31. The first kappa shape index (κ1) is 23.0. The Morgan fingerprint density at radius 2 is 1.51 bits per heavy atom. The molecule has 35 heavy (non-hydrogen) atoms. The summed E-state index contributed by atoms with van der Waals surface area (Å²) in [6.07, 6.45) is 15.8. The van der Waals surface area contributed by atoms with Gasteiger partial charge in [-0.15, -0.1) is 0 Å². The van der Waals surface area contributed by atoms with Gasteiger partial charge in [-0.3, -0.25) is 0 Å². The summed E-state index contributed by atoms with van der Waals surface area (Å²) in [6, 6.07) is 8.87. The van der Waals surface area contributed by atoms with Gasteiger partial charge >= 0.3 is 0 Å². The Labute approximate surface area is 210 Å². The van der Waals surface area contributed by atoms with Gasteiger partial charge in [0.15, 0.2) is 0 Å². The van der Waals surface area contributed by atoms with E-state index in [1.54, 1.807) is 0 Å². The summed E-state index contributed by atoms with van der Waals surface area (Å²) >= 11 is 0. The highest BCUT2D eigenvalue weighted by molar-refractivity contribution is 5.30. The zero-order chi connectivity index (χ0) is 23.3. The van der Waals surface area contributed by atoms with Gasteiger partial charge in [-0.1, -0.05) is 18.6 Å². The van der Waals surface area contributed by atoms with Gasteiger partial charge in [-0.05, 0) is 113 Å². The Kier molecular flexibility index (Phi) is 6.12. The molecule has 0 radical (unpaired) electrons. The first-order chi connectivity index (χ1) is 17.2. The molecule has 1 aromatic carbocycles. The molecule has 7 fully saturated rings. The van der Waals surface area contributed by atoms with E-state index in [1.165, 1.54) is 76.6 Å². The lowest BCUT2D eigenvalue weighted by Gasteiger charge is -2.57. The number of hydrogen-bond acceptors (Lipinski definition) is 5. The molecular formula is C30H43NO4. The van der Waals surface area contributed by atoms with E-state index in [1.807, 2.05) is 0 Å². The molecule has 1 aromatic rings. The van der Waals surface area contributed by atoms with Crippen molar-refractivity contribution < 1.29 is 19.2 Å². The highest BCUT2D eigenvalue weighted by atomic mass is 17.3. The third-order valence-corrected chi connectivity index (χ3v) is 10.4. The fourth-order valence-corrected chi connectivity index (χ4v) is 8.68. The van der Waals surface area contributed by atoms with Crippen molar-refractivity contribution in [1.29, 1.82) is 0 Å². The molecule has 5 saturated carbocycles. The minimum Gasteiger partial charge on any atom is -0.494 e. The number of rotatable bonds is 6. The van der Waals surface area contributed by atoms with E-state index in [2.05, 4.69) is 29.2 Å². The van der Waals surface area contributed by atoms with Crippen molar-refractivity contribution in [3.63, 3.8) is 0 Å². The Bertz CT molecular complexity index is 843. The van der Waals surface area contributed by atoms with Crippen molar-refractivity contribution in [3.8, 4) is 5.75 Å². The van der Waals surface area contributed by atoms with Gasteiger partial charge in [0.1, 0.15) is 5.75 Å². The molecule has 0 aromatic heterocycles. The van der Waals surface area contributed by atoms with Crippen LogP contribution in [0.2, 0.25) is 0 Å². The Hall–Kier alpha value is -1.14. The van der Waals surface area contributed by atoms with Crippen LogP contribution in [-0.4, -0.2) is 42.7 Å². The van der Waals surface area contributed by atoms with Crippen LogP contribution in [0, 0.1) is 23.7 Å². The lowest BCUT2D eigenvalue weighted by Crippen LogP contribution is -2.59. The molecule has 4 bridgehead atoms. The molecule has 5 aliphatic carbocycles. The second-order valence-electron chi connectivity index (χ2n) is 12.7. The van der Waals surface area contributed by atoms with Gasteiger partial charge in [0.05, 0.1) is 6.61 Å². The van der Waals surface area contributed by atoms with E-state index < -0.39 is 11.6 Å². The standard InChI is InChI=1S/C30H43NO4/c1-2-13-31(14-3-1)15-4-16-32-28-7-5-24(6-8-28)25-9-11-29(12-10-25)33-30(35-34-29)26-18-22-17-23(20-26)21-27(30)19-22/h5-8,22-23,25-27H,1-4,9-21H2/t22?,23?,25-,26?,27?,29+,30-. The molecule has 8 rings (SSSR count). The van der Waals surface area contributed by atoms with Gasteiger partial charge < -0.3 is 14.4 Å². The fraction of sp³-hybridized carbons (Fsp3) is 0.800. The number of likely N-dealkylation sites (tertiary alicyclic amines) is 1. The van der Waals surface area contributed by atoms with E-state index in [0.717, 1.165) is 56.3 Å². The zero-order valence-electron chi connectivity index (χ0n) is 21.3. The molecular weight excluding hydrogens is 438 g/mol. The summed E-state index contributed by atoms with van der Waals surface area (Å²) in [6.45, 7) is 4.51. The van der Waals surface area contributed by atoms with Crippen LogP contribution in [-0.2, 0) is 14.5 Å². The molecule has 5 nitrogen and oxygen atoms in total. The Morgan fingerprint density at radius 3 is 2.20 bits per heavy atom. The molecule has 192 valence electrons. The number of benzene rings is 1. The third kappa shape index (κ3) is 4.35. The van der Waals surface area contributed by atoms with Crippen LogP contribution in [0.1, 0.15) is 95.0 Å². The summed E-state index contributed by atoms with van der Waals surface area (Å²) < 4.78 is 12.9. The van der Waals surface area contributed by atoms with Crippen molar-refractivity contribution in [2.75, 3.05) is 26.2 Å². The maximum absolute atomic E-state index is 6.89. The fourth-order valence-electron chi connectivity index (χ4n) is 8.68. The molecule has 0 atom stereocenters. The quantitative estimate of drug-likeness (QED) is 0.346. The number of nitrogens with zero attached hydrogens (tertiary/aromatic N) is 1. The Balaban J connectivity index is 0.901. The van der Waals surface area contributed by atoms with Gasteiger partial charge in [0, 0.05) is 31.2 Å². The van der Waals surface area contributed by atoms with Gasteiger partial charge in [0.25, 0.3) is 0 Å². The summed E-state index contributed by atoms with van der Waals surface area (Å²) in [4.78, 5) is 14.9. The lowest BCUT2D eigenvalue weighted by atomic mass is 9.53. The maximum Gasteiger partial charge on any atom is 0.210 e. The van der Waals surface area contributed by atoms with Gasteiger partial charge in [-0.2, -0.15) is 9.78 Å². The molecule has 0 N–H and O–H groups in total. The van der Waals surface area contributed by atoms with Crippen LogP contribution >= 0.6 is 0 Å². The lowest BCUT2D eigenvalue weighted by molar-refractivity contribution is -0.390. The van der Waals surface area contributed by atoms with E-state index in [9.17, 15) is 0 Å². The molecule has 2 aliphatic heterocycles. The van der Waals surface area contributed by atoms with Crippen molar-refractivity contribution in [1.82, 2.24) is 4.90 Å². The van der Waals surface area contributed by atoms with Crippen LogP contribution in [0.5, 0.6) is 5.75 Å². The average molecular weight is 482 g/mol. The summed E-state index contributed by atoms with van der Waals surface area (Å²) in [7, 11) is 0. The highest BCUT2D eigenvalue weighted by Crippen LogP contribution is 2.64. The minimum atomic E-state index is -0.511. The van der Waals surface area contributed by atoms with Crippen LogP contribution in [0.3, 0.4) is 0 Å². The number of hydrogen-bond donors (Lipinski definition) is 0. The largest absolute Gasteiger partial charge is 0.494 e. The molecule has 0 unspecified atom stereocenters. The maximum atomic E-state index is 6.89. The minimum absolute atomic E-state index is 0.437. The molecule has 7 aliphatic rings. The SMILES string of the molecule is c1cc([C@H]2CC[C@]3(CC2)OO[C@]2(O3)C3CC4CC(C3)CC2C4)ccc1OCCCN1CCCCC1. The molecule has 2 saturated heterocycles. The van der Waals surface area contributed by atoms with Crippen molar-refractivity contribution in [2.24, 2.45) is 23.7 Å². The highest BCUT2D eigenvalue weighted by Gasteiger charge is 2.66. The summed E-state index contributed by atoms with van der Waals surface area (Å²) in [5, 5.41) is 0. The molecule has 5 heteroatoms. The van der Waals surface area contributed by atoms with E-state index in [0.29, 0.717) is 17.8 Å². The van der Waals surface area contributed by atoms with E-state index in [-0.39, 0.29) is 0 Å². The summed E-state index contributed by atoms with van der Waals surface area (Å²) in [5.41, 5.74) is 1.42. The first-order valence-corrected chi connectivity index (χ1v) is 14.7. The van der Waals surface area contributed by atoms with Crippen LogP contribution < -0.4 is 4.74 Å². The monoisotopic (exact) mass is 481 g/mol. The Morgan fingerprint density at radius 1 is 0.829 bits per heavy atom. The zero-order valence-corrected chi connectivity index (χ0v) is 21.3. The third-order valence-electron chi connectivity index (χ3n) is 10.4. The molecule has 2 heterocycles. The van der Waals surface area contributed by atoms with Gasteiger partial charge in [0.2, 0.25) is 11.6 Å². The number of ether oxygens (including phenoxy) is 2. The molecule has 2 spiro atoms. The first-order valence-electron chi connectivity index (χ1n) is 14.7. The average Bonchev–Trinajstić information content (AvgIpc) is 3.26. The number of piperidine rings is 1. The smallest absolute Gasteiger partial charge is 0.210 e. The second-order valence-corrected chi connectivity index (χ2v) is 12.7. The predicted molar refractivity (Wildman–Crippen MR) is 134 cm³/mol. The summed E-state index contributed by atoms with van der Waals surface area (Å²) in [5.74, 6) is 3.52. The van der Waals surface area contributed by atoms with Crippen molar-refractivity contribution >= 4 is 0 Å². The predicted octanol–water partition coefficient (Wildman–Crippen LogP) is 6.43.